The van der Waals surface area contributed by atoms with Gasteiger partial charge in [0, 0.05) is 38.1 Å². The molecule has 0 amide bonds. The lowest BCUT2D eigenvalue weighted by Crippen LogP contribution is -2.51. The van der Waals surface area contributed by atoms with E-state index in [1.54, 1.807) is 18.2 Å². The molecule has 0 radical (unpaired) electrons. The Kier molecular flexibility index (Phi) is 7.54. The number of hydrogen-bond acceptors (Lipinski definition) is 5. The van der Waals surface area contributed by atoms with Crippen LogP contribution in [0.5, 0.6) is 0 Å². The second-order valence-electron chi connectivity index (χ2n) is 9.47. The number of halogens is 3. The molecule has 2 aliphatic rings. The number of likely N-dealkylation sites (tertiary alicyclic amines) is 1. The van der Waals surface area contributed by atoms with Gasteiger partial charge in [-0.15, -0.1) is 0 Å². The number of rotatable bonds is 6. The fourth-order valence-corrected chi connectivity index (χ4v) is 5.75. The van der Waals surface area contributed by atoms with Crippen molar-refractivity contribution in [1.82, 2.24) is 9.80 Å². The summed E-state index contributed by atoms with van der Waals surface area (Å²) in [4.78, 5) is 6.51. The third kappa shape index (κ3) is 6.52. The summed E-state index contributed by atoms with van der Waals surface area (Å²) in [5.74, 6) is 0.371. The maximum atomic E-state index is 12.7. The van der Waals surface area contributed by atoms with Gasteiger partial charge in [-0.1, -0.05) is 36.4 Å². The maximum absolute atomic E-state index is 12.7. The summed E-state index contributed by atoms with van der Waals surface area (Å²) in [5, 5.41) is 0. The second kappa shape index (κ2) is 10.3. The molecule has 0 aromatic heterocycles. The zero-order valence-corrected chi connectivity index (χ0v) is 20.2. The summed E-state index contributed by atoms with van der Waals surface area (Å²) in [6.45, 7) is 3.31. The van der Waals surface area contributed by atoms with Crippen molar-refractivity contribution >= 4 is 15.5 Å². The van der Waals surface area contributed by atoms with Crippen LogP contribution in [0.15, 0.2) is 59.5 Å². The van der Waals surface area contributed by atoms with Crippen LogP contribution in [-0.2, 0) is 9.84 Å². The Bertz CT molecular complexity index is 1050. The van der Waals surface area contributed by atoms with Crippen molar-refractivity contribution in [3.05, 3.63) is 60.2 Å². The SMILES string of the molecule is CS(=O)(=O)c1cccc(N2CCN(CC3CCN(CC(F)(F)F)CC3)[C@H](c3ccccc3)C2)c1. The highest BCUT2D eigenvalue weighted by Gasteiger charge is 2.34. The number of piperidine rings is 1. The quantitative estimate of drug-likeness (QED) is 0.600. The van der Waals surface area contributed by atoms with Gasteiger partial charge in [-0.3, -0.25) is 9.80 Å². The van der Waals surface area contributed by atoms with E-state index in [4.69, 9.17) is 0 Å². The molecule has 2 aliphatic heterocycles. The Morgan fingerprint density at radius 2 is 1.65 bits per heavy atom. The summed E-state index contributed by atoms with van der Waals surface area (Å²) >= 11 is 0. The van der Waals surface area contributed by atoms with Crippen LogP contribution in [0.2, 0.25) is 0 Å². The third-order valence-electron chi connectivity index (χ3n) is 6.89. The van der Waals surface area contributed by atoms with Gasteiger partial charge in [0.2, 0.25) is 0 Å². The number of nitrogens with zero attached hydrogens (tertiary/aromatic N) is 3. The van der Waals surface area contributed by atoms with Crippen LogP contribution < -0.4 is 4.90 Å². The Morgan fingerprint density at radius 3 is 2.29 bits per heavy atom. The standard InChI is InChI=1S/C25H32F3N3O2S/c1-34(32,33)23-9-5-8-22(16-23)30-14-15-31(24(18-30)21-6-3-2-4-7-21)17-20-10-12-29(13-11-20)19-25(26,27)28/h2-9,16,20,24H,10-15,17-19H2,1H3/t24-/m0/s1. The predicted octanol–water partition coefficient (Wildman–Crippen LogP) is 4.23. The first kappa shape index (κ1) is 25.0. The van der Waals surface area contributed by atoms with E-state index in [1.165, 1.54) is 16.7 Å². The molecule has 2 aromatic rings. The molecule has 5 nitrogen and oxygen atoms in total. The van der Waals surface area contributed by atoms with Crippen LogP contribution in [0.25, 0.3) is 0 Å². The minimum Gasteiger partial charge on any atom is -0.368 e. The minimum absolute atomic E-state index is 0.130. The van der Waals surface area contributed by atoms with E-state index in [-0.39, 0.29) is 6.04 Å². The molecule has 2 aromatic carbocycles. The molecule has 9 heteroatoms. The van der Waals surface area contributed by atoms with E-state index in [0.717, 1.165) is 44.7 Å². The zero-order valence-electron chi connectivity index (χ0n) is 19.4. The van der Waals surface area contributed by atoms with Gasteiger partial charge in [0.15, 0.2) is 9.84 Å². The van der Waals surface area contributed by atoms with Crippen LogP contribution in [-0.4, -0.2) is 76.5 Å². The van der Waals surface area contributed by atoms with Crippen LogP contribution in [0, 0.1) is 5.92 Å². The van der Waals surface area contributed by atoms with Gasteiger partial charge in [0.05, 0.1) is 17.5 Å². The molecular weight excluding hydrogens is 463 g/mol. The molecule has 2 heterocycles. The molecule has 2 saturated heterocycles. The lowest BCUT2D eigenvalue weighted by Gasteiger charge is -2.45. The van der Waals surface area contributed by atoms with E-state index in [2.05, 4.69) is 21.9 Å². The van der Waals surface area contributed by atoms with Crippen LogP contribution in [0.3, 0.4) is 0 Å². The fourth-order valence-electron chi connectivity index (χ4n) is 5.09. The Morgan fingerprint density at radius 1 is 0.941 bits per heavy atom. The van der Waals surface area contributed by atoms with E-state index < -0.39 is 22.6 Å². The first-order valence-corrected chi connectivity index (χ1v) is 13.6. The number of sulfone groups is 1. The van der Waals surface area contributed by atoms with E-state index in [1.807, 2.05) is 24.3 Å². The Balaban J connectivity index is 1.46. The van der Waals surface area contributed by atoms with Gasteiger partial charge >= 0.3 is 6.18 Å². The van der Waals surface area contributed by atoms with Crippen LogP contribution in [0.4, 0.5) is 18.9 Å². The van der Waals surface area contributed by atoms with Gasteiger partial charge in [-0.2, -0.15) is 13.2 Å². The predicted molar refractivity (Wildman–Crippen MR) is 128 cm³/mol. The van der Waals surface area contributed by atoms with E-state index in [0.29, 0.717) is 23.9 Å². The maximum Gasteiger partial charge on any atom is 0.401 e. The van der Waals surface area contributed by atoms with Crippen molar-refractivity contribution in [2.45, 2.75) is 30.0 Å². The second-order valence-corrected chi connectivity index (χ2v) is 11.5. The molecule has 0 N–H and O–H groups in total. The first-order chi connectivity index (χ1) is 16.1. The van der Waals surface area contributed by atoms with Crippen molar-refractivity contribution in [2.75, 3.05) is 57.0 Å². The first-order valence-electron chi connectivity index (χ1n) is 11.7. The molecule has 0 aliphatic carbocycles. The molecule has 4 rings (SSSR count). The van der Waals surface area contributed by atoms with Crippen molar-refractivity contribution in [2.24, 2.45) is 5.92 Å². The average Bonchev–Trinajstić information content (AvgIpc) is 2.80. The molecule has 0 spiro atoms. The van der Waals surface area contributed by atoms with E-state index in [9.17, 15) is 21.6 Å². The summed E-state index contributed by atoms with van der Waals surface area (Å²) in [6.07, 6.45) is -1.38. The van der Waals surface area contributed by atoms with Gasteiger partial charge in [-0.25, -0.2) is 8.42 Å². The Labute approximate surface area is 200 Å². The monoisotopic (exact) mass is 495 g/mol. The van der Waals surface area contributed by atoms with Gasteiger partial charge in [0.1, 0.15) is 0 Å². The summed E-state index contributed by atoms with van der Waals surface area (Å²) in [6, 6.07) is 17.5. The molecular formula is C25H32F3N3O2S. The van der Waals surface area contributed by atoms with Crippen LogP contribution >= 0.6 is 0 Å². The largest absolute Gasteiger partial charge is 0.401 e. The highest BCUT2D eigenvalue weighted by atomic mass is 32.2. The third-order valence-corrected chi connectivity index (χ3v) is 8.00. The molecule has 186 valence electrons. The number of piperazine rings is 1. The Hall–Kier alpha value is -2.10. The molecule has 1 atom stereocenters. The molecule has 0 bridgehead atoms. The van der Waals surface area contributed by atoms with Gasteiger partial charge < -0.3 is 4.90 Å². The number of hydrogen-bond donors (Lipinski definition) is 0. The number of benzene rings is 2. The zero-order chi connectivity index (χ0) is 24.3. The van der Waals surface area contributed by atoms with Crippen molar-refractivity contribution in [3.8, 4) is 0 Å². The highest BCUT2D eigenvalue weighted by Crippen LogP contribution is 2.32. The summed E-state index contributed by atoms with van der Waals surface area (Å²) in [5.41, 5.74) is 2.09. The molecule has 34 heavy (non-hydrogen) atoms. The lowest BCUT2D eigenvalue weighted by molar-refractivity contribution is -0.148. The normalized spacial score (nSPS) is 21.6. The van der Waals surface area contributed by atoms with Crippen molar-refractivity contribution in [3.63, 3.8) is 0 Å². The van der Waals surface area contributed by atoms with Crippen molar-refractivity contribution < 1.29 is 21.6 Å². The van der Waals surface area contributed by atoms with Crippen LogP contribution in [0.1, 0.15) is 24.4 Å². The molecule has 0 saturated carbocycles. The minimum atomic E-state index is -4.14. The average molecular weight is 496 g/mol. The van der Waals surface area contributed by atoms with Crippen molar-refractivity contribution in [1.29, 1.82) is 0 Å². The molecule has 2 fully saturated rings. The highest BCUT2D eigenvalue weighted by molar-refractivity contribution is 7.90. The van der Waals surface area contributed by atoms with E-state index >= 15 is 0 Å². The summed E-state index contributed by atoms with van der Waals surface area (Å²) < 4.78 is 62.3. The summed E-state index contributed by atoms with van der Waals surface area (Å²) in [7, 11) is -3.29. The lowest BCUT2D eigenvalue weighted by atomic mass is 9.93. The fraction of sp³-hybridized carbons (Fsp3) is 0.520. The smallest absolute Gasteiger partial charge is 0.368 e. The topological polar surface area (TPSA) is 43.9 Å². The number of alkyl halides is 3. The van der Waals surface area contributed by atoms with Gasteiger partial charge in [0.25, 0.3) is 0 Å². The van der Waals surface area contributed by atoms with Gasteiger partial charge in [-0.05, 0) is 55.6 Å². The molecule has 0 unspecified atom stereocenters. The number of anilines is 1.